The van der Waals surface area contributed by atoms with E-state index in [1.54, 1.807) is 0 Å². The summed E-state index contributed by atoms with van der Waals surface area (Å²) in [7, 11) is 0. The summed E-state index contributed by atoms with van der Waals surface area (Å²) in [5, 5.41) is 14.4. The van der Waals surface area contributed by atoms with Crippen LogP contribution in [0.2, 0.25) is 0 Å². The molecule has 112 valence electrons. The molecule has 1 saturated carbocycles. The van der Waals surface area contributed by atoms with E-state index in [2.05, 4.69) is 27.0 Å². The van der Waals surface area contributed by atoms with Crippen molar-refractivity contribution in [3.63, 3.8) is 0 Å². The van der Waals surface area contributed by atoms with Crippen molar-refractivity contribution >= 4 is 11.8 Å². The van der Waals surface area contributed by atoms with Crippen molar-refractivity contribution in [1.29, 1.82) is 0 Å². The molecule has 1 aliphatic heterocycles. The highest BCUT2D eigenvalue weighted by Gasteiger charge is 2.29. The van der Waals surface area contributed by atoms with Gasteiger partial charge < -0.3 is 9.88 Å². The fourth-order valence-electron chi connectivity index (χ4n) is 3.31. The quantitative estimate of drug-likeness (QED) is 0.906. The summed E-state index contributed by atoms with van der Waals surface area (Å²) in [4.78, 5) is 0. The lowest BCUT2D eigenvalue weighted by molar-refractivity contribution is 0.528. The Bertz CT molecular complexity index is 432. The molecule has 5 heteroatoms. The predicted molar refractivity (Wildman–Crippen MR) is 83.2 cm³/mol. The van der Waals surface area contributed by atoms with Crippen LogP contribution < -0.4 is 5.32 Å². The summed E-state index contributed by atoms with van der Waals surface area (Å²) in [6.07, 6.45) is 10.2. The zero-order valence-electron chi connectivity index (χ0n) is 12.5. The first-order valence-corrected chi connectivity index (χ1v) is 9.08. The smallest absolute Gasteiger partial charge is 0.191 e. The monoisotopic (exact) mass is 294 g/mol. The van der Waals surface area contributed by atoms with Crippen LogP contribution >= 0.6 is 11.8 Å². The fraction of sp³-hybridized carbons (Fsp3) is 0.867. The number of thioether (sulfide) groups is 1. The largest absolute Gasteiger partial charge is 0.313 e. The maximum Gasteiger partial charge on any atom is 0.191 e. The second-order valence-corrected chi connectivity index (χ2v) is 7.22. The van der Waals surface area contributed by atoms with Gasteiger partial charge in [-0.3, -0.25) is 0 Å². The molecule has 0 amide bonds. The molecule has 0 spiro atoms. The normalized spacial score (nSPS) is 26.4. The first kappa shape index (κ1) is 14.4. The molecule has 3 rings (SSSR count). The number of aryl methyl sites for hydroxylation is 1. The van der Waals surface area contributed by atoms with E-state index >= 15 is 0 Å². The van der Waals surface area contributed by atoms with Crippen LogP contribution in [-0.2, 0) is 13.0 Å². The summed E-state index contributed by atoms with van der Waals surface area (Å²) in [6.45, 7) is 4.49. The third kappa shape index (κ3) is 3.19. The van der Waals surface area contributed by atoms with Crippen molar-refractivity contribution in [1.82, 2.24) is 20.1 Å². The van der Waals surface area contributed by atoms with E-state index in [0.29, 0.717) is 11.3 Å². The highest BCUT2D eigenvalue weighted by Crippen LogP contribution is 2.35. The van der Waals surface area contributed by atoms with Crippen molar-refractivity contribution in [3.05, 3.63) is 5.82 Å². The van der Waals surface area contributed by atoms with Crippen LogP contribution in [0.1, 0.15) is 57.7 Å². The first-order valence-electron chi connectivity index (χ1n) is 8.20. The fourth-order valence-corrected chi connectivity index (χ4v) is 4.67. The number of rotatable bonds is 5. The van der Waals surface area contributed by atoms with Gasteiger partial charge in [-0.2, -0.15) is 0 Å². The van der Waals surface area contributed by atoms with Crippen LogP contribution in [0.25, 0.3) is 0 Å². The molecule has 2 unspecified atom stereocenters. The van der Waals surface area contributed by atoms with Gasteiger partial charge in [-0.15, -0.1) is 10.2 Å². The average molecular weight is 294 g/mol. The number of fused-ring (bicyclic) bond motifs is 1. The molecule has 1 aliphatic carbocycles. The summed E-state index contributed by atoms with van der Waals surface area (Å²) in [6, 6.07) is 0.665. The van der Waals surface area contributed by atoms with Gasteiger partial charge in [0, 0.05) is 24.3 Å². The van der Waals surface area contributed by atoms with Crippen LogP contribution in [0.15, 0.2) is 5.16 Å². The molecule has 2 heterocycles. The lowest BCUT2D eigenvalue weighted by Gasteiger charge is -2.20. The van der Waals surface area contributed by atoms with Gasteiger partial charge in [0.05, 0.1) is 0 Å². The topological polar surface area (TPSA) is 42.7 Å². The van der Waals surface area contributed by atoms with Gasteiger partial charge in [-0.25, -0.2) is 0 Å². The molecular formula is C15H26N4S. The van der Waals surface area contributed by atoms with Gasteiger partial charge in [0.15, 0.2) is 5.16 Å². The molecule has 1 aromatic rings. The summed E-state index contributed by atoms with van der Waals surface area (Å²) < 4.78 is 2.38. The molecule has 0 aromatic carbocycles. The molecule has 0 radical (unpaired) electrons. The molecule has 1 aromatic heterocycles. The Labute approximate surface area is 126 Å². The van der Waals surface area contributed by atoms with Crippen LogP contribution in [-0.4, -0.2) is 32.6 Å². The number of hydrogen-bond acceptors (Lipinski definition) is 4. The Morgan fingerprint density at radius 1 is 1.20 bits per heavy atom. The van der Waals surface area contributed by atoms with Crippen molar-refractivity contribution in [2.24, 2.45) is 0 Å². The minimum atomic E-state index is 0.665. The Balaban J connectivity index is 1.66. The molecule has 1 N–H and O–H groups in total. The van der Waals surface area contributed by atoms with Gasteiger partial charge in [-0.1, -0.05) is 31.5 Å². The number of nitrogens with one attached hydrogen (secondary N) is 1. The maximum atomic E-state index is 4.47. The number of aromatic nitrogens is 3. The first-order chi connectivity index (χ1) is 9.88. The summed E-state index contributed by atoms with van der Waals surface area (Å²) in [5.41, 5.74) is 0. The van der Waals surface area contributed by atoms with Crippen molar-refractivity contribution in [3.8, 4) is 0 Å². The van der Waals surface area contributed by atoms with Gasteiger partial charge >= 0.3 is 0 Å². The van der Waals surface area contributed by atoms with Gasteiger partial charge in [0.2, 0.25) is 0 Å². The Morgan fingerprint density at radius 3 is 3.05 bits per heavy atom. The lowest BCUT2D eigenvalue weighted by atomic mass is 10.2. The van der Waals surface area contributed by atoms with E-state index in [1.165, 1.54) is 50.8 Å². The second-order valence-electron chi connectivity index (χ2n) is 6.01. The SMILES string of the molecule is CCCNC1CCCC1Sc1nnc2n1CCCCC2. The Kier molecular flexibility index (Phi) is 4.99. The van der Waals surface area contributed by atoms with E-state index in [4.69, 9.17) is 0 Å². The van der Waals surface area contributed by atoms with E-state index in [1.807, 2.05) is 11.8 Å². The van der Waals surface area contributed by atoms with Crippen molar-refractivity contribution in [2.45, 2.75) is 81.3 Å². The predicted octanol–water partition coefficient (Wildman–Crippen LogP) is 3.02. The zero-order chi connectivity index (χ0) is 13.8. The van der Waals surface area contributed by atoms with E-state index in [0.717, 1.165) is 24.7 Å². The third-order valence-electron chi connectivity index (χ3n) is 4.44. The van der Waals surface area contributed by atoms with E-state index in [9.17, 15) is 0 Å². The standard InChI is InChI=1S/C15H26N4S/c1-2-10-16-12-7-6-8-13(12)20-15-18-17-14-9-4-3-5-11-19(14)15/h12-13,16H,2-11H2,1H3. The zero-order valence-corrected chi connectivity index (χ0v) is 13.3. The number of nitrogens with zero attached hydrogens (tertiary/aromatic N) is 3. The molecule has 2 atom stereocenters. The van der Waals surface area contributed by atoms with Crippen LogP contribution in [0, 0.1) is 0 Å². The van der Waals surface area contributed by atoms with Gasteiger partial charge in [0.25, 0.3) is 0 Å². The Morgan fingerprint density at radius 2 is 2.15 bits per heavy atom. The molecule has 4 nitrogen and oxygen atoms in total. The molecule has 0 saturated heterocycles. The minimum absolute atomic E-state index is 0.665. The van der Waals surface area contributed by atoms with Gasteiger partial charge in [0.1, 0.15) is 5.82 Å². The summed E-state index contributed by atoms with van der Waals surface area (Å²) in [5.74, 6) is 1.21. The molecule has 20 heavy (non-hydrogen) atoms. The highest BCUT2D eigenvalue weighted by molar-refractivity contribution is 7.99. The molecule has 1 fully saturated rings. The molecular weight excluding hydrogens is 268 g/mol. The minimum Gasteiger partial charge on any atom is -0.313 e. The van der Waals surface area contributed by atoms with Crippen LogP contribution in [0.4, 0.5) is 0 Å². The molecule has 2 aliphatic rings. The van der Waals surface area contributed by atoms with Crippen molar-refractivity contribution < 1.29 is 0 Å². The third-order valence-corrected chi connectivity index (χ3v) is 5.82. The van der Waals surface area contributed by atoms with Crippen LogP contribution in [0.3, 0.4) is 0 Å². The Hall–Kier alpha value is -0.550. The van der Waals surface area contributed by atoms with Crippen molar-refractivity contribution in [2.75, 3.05) is 6.54 Å². The highest BCUT2D eigenvalue weighted by atomic mass is 32.2. The summed E-state index contributed by atoms with van der Waals surface area (Å²) >= 11 is 1.97. The van der Waals surface area contributed by atoms with E-state index in [-0.39, 0.29) is 0 Å². The lowest BCUT2D eigenvalue weighted by Crippen LogP contribution is -2.34. The number of hydrogen-bond donors (Lipinski definition) is 1. The van der Waals surface area contributed by atoms with E-state index < -0.39 is 0 Å². The average Bonchev–Trinajstić information content (AvgIpc) is 2.98. The maximum absolute atomic E-state index is 4.47. The van der Waals surface area contributed by atoms with Crippen LogP contribution in [0.5, 0.6) is 0 Å². The second kappa shape index (κ2) is 6.94. The molecule has 0 bridgehead atoms. The van der Waals surface area contributed by atoms with Gasteiger partial charge in [-0.05, 0) is 38.6 Å².